The Balaban J connectivity index is 1.79. The monoisotopic (exact) mass is 299 g/mol. The van der Waals surface area contributed by atoms with Gasteiger partial charge in [-0.3, -0.25) is 19.4 Å². The van der Waals surface area contributed by atoms with Crippen LogP contribution in [0.3, 0.4) is 0 Å². The van der Waals surface area contributed by atoms with Crippen molar-refractivity contribution in [2.24, 2.45) is 5.92 Å². The summed E-state index contributed by atoms with van der Waals surface area (Å²) in [5, 5.41) is 4.32. The zero-order chi connectivity index (χ0) is 15.5. The van der Waals surface area contributed by atoms with Gasteiger partial charge in [-0.05, 0) is 25.7 Å². The van der Waals surface area contributed by atoms with E-state index in [4.69, 9.17) is 0 Å². The van der Waals surface area contributed by atoms with Gasteiger partial charge >= 0.3 is 0 Å². The molecule has 0 spiro atoms. The molecular formula is C16H21N5O. The Morgan fingerprint density at radius 3 is 2.86 bits per heavy atom. The van der Waals surface area contributed by atoms with E-state index in [1.54, 1.807) is 19.3 Å². The van der Waals surface area contributed by atoms with Crippen LogP contribution in [0.4, 0.5) is 0 Å². The first-order valence-corrected chi connectivity index (χ1v) is 7.75. The van der Waals surface area contributed by atoms with Crippen molar-refractivity contribution in [3.63, 3.8) is 0 Å². The molecule has 116 valence electrons. The number of hydrogen-bond donors (Lipinski definition) is 0. The summed E-state index contributed by atoms with van der Waals surface area (Å²) in [5.41, 5.74) is 2.91. The summed E-state index contributed by atoms with van der Waals surface area (Å²) in [5.74, 6) is 0.617. The van der Waals surface area contributed by atoms with E-state index in [0.29, 0.717) is 5.92 Å². The topological polar surface area (TPSA) is 63.9 Å². The van der Waals surface area contributed by atoms with Crippen molar-refractivity contribution in [3.05, 3.63) is 30.5 Å². The predicted molar refractivity (Wildman–Crippen MR) is 83.0 cm³/mol. The molecule has 1 aliphatic heterocycles. The van der Waals surface area contributed by atoms with Crippen molar-refractivity contribution < 1.29 is 4.79 Å². The minimum absolute atomic E-state index is 0.158. The second kappa shape index (κ2) is 6.25. The Kier molecular flexibility index (Phi) is 4.18. The molecule has 2 aromatic rings. The zero-order valence-corrected chi connectivity index (χ0v) is 13.1. The summed E-state index contributed by atoms with van der Waals surface area (Å²) < 4.78 is 1.89. The highest BCUT2D eigenvalue weighted by atomic mass is 16.2. The molecule has 0 saturated carbocycles. The summed E-state index contributed by atoms with van der Waals surface area (Å²) in [7, 11) is 0. The number of rotatable bonds is 4. The highest BCUT2D eigenvalue weighted by molar-refractivity contribution is 5.73. The molecule has 1 atom stereocenters. The van der Waals surface area contributed by atoms with Gasteiger partial charge in [0.1, 0.15) is 0 Å². The highest BCUT2D eigenvalue weighted by Crippen LogP contribution is 2.25. The van der Waals surface area contributed by atoms with Crippen LogP contribution in [-0.4, -0.2) is 43.6 Å². The molecule has 1 amide bonds. The number of amides is 1. The van der Waals surface area contributed by atoms with E-state index in [-0.39, 0.29) is 5.91 Å². The average Bonchev–Trinajstić information content (AvgIpc) is 3.16. The molecule has 1 saturated heterocycles. The van der Waals surface area contributed by atoms with Crippen LogP contribution in [0.1, 0.15) is 26.0 Å². The first-order valence-electron chi connectivity index (χ1n) is 7.75. The predicted octanol–water partition coefficient (Wildman–Crippen LogP) is 1.77. The maximum atomic E-state index is 11.5. The Labute approximate surface area is 130 Å². The van der Waals surface area contributed by atoms with E-state index in [2.05, 4.69) is 22.0 Å². The third kappa shape index (κ3) is 3.00. The summed E-state index contributed by atoms with van der Waals surface area (Å²) in [6.45, 7) is 6.20. The lowest BCUT2D eigenvalue weighted by atomic mass is 10.00. The summed E-state index contributed by atoms with van der Waals surface area (Å²) in [6, 6.07) is 0. The molecule has 0 N–H and O–H groups in total. The fraction of sp³-hybridized carbons (Fsp3) is 0.500. The number of carbonyl (C=O) groups is 1. The SMILES string of the molecule is CCn1cc(-c2nccnc2C[C@@H]2CCN(C(C)=O)C2)cn1. The smallest absolute Gasteiger partial charge is 0.219 e. The van der Waals surface area contributed by atoms with Gasteiger partial charge in [0, 0.05) is 50.7 Å². The van der Waals surface area contributed by atoms with E-state index in [0.717, 1.165) is 49.4 Å². The number of carbonyl (C=O) groups excluding carboxylic acids is 1. The highest BCUT2D eigenvalue weighted by Gasteiger charge is 2.25. The minimum atomic E-state index is 0.158. The van der Waals surface area contributed by atoms with Crippen LogP contribution >= 0.6 is 0 Å². The number of hydrogen-bond acceptors (Lipinski definition) is 4. The molecule has 1 fully saturated rings. The number of aryl methyl sites for hydroxylation is 1. The van der Waals surface area contributed by atoms with Crippen molar-refractivity contribution in [1.29, 1.82) is 0 Å². The lowest BCUT2D eigenvalue weighted by Gasteiger charge is -2.14. The maximum absolute atomic E-state index is 11.5. The third-order valence-electron chi connectivity index (χ3n) is 4.22. The number of nitrogens with zero attached hydrogens (tertiary/aromatic N) is 5. The largest absolute Gasteiger partial charge is 0.343 e. The molecule has 3 heterocycles. The lowest BCUT2D eigenvalue weighted by Crippen LogP contribution is -2.26. The van der Waals surface area contributed by atoms with Gasteiger partial charge in [-0.1, -0.05) is 0 Å². The molecule has 6 nitrogen and oxygen atoms in total. The Hall–Kier alpha value is -2.24. The van der Waals surface area contributed by atoms with Gasteiger partial charge in [0.15, 0.2) is 0 Å². The molecule has 6 heteroatoms. The van der Waals surface area contributed by atoms with Crippen LogP contribution in [0, 0.1) is 5.92 Å². The van der Waals surface area contributed by atoms with Gasteiger partial charge in [-0.25, -0.2) is 0 Å². The number of likely N-dealkylation sites (tertiary alicyclic amines) is 1. The second-order valence-corrected chi connectivity index (χ2v) is 5.76. The van der Waals surface area contributed by atoms with E-state index >= 15 is 0 Å². The summed E-state index contributed by atoms with van der Waals surface area (Å²) >= 11 is 0. The Bertz CT molecular complexity index is 666. The molecule has 3 rings (SSSR count). The molecule has 2 aromatic heterocycles. The van der Waals surface area contributed by atoms with Crippen LogP contribution in [0.15, 0.2) is 24.8 Å². The Morgan fingerprint density at radius 1 is 1.36 bits per heavy atom. The molecule has 0 radical (unpaired) electrons. The number of aromatic nitrogens is 4. The van der Waals surface area contributed by atoms with Crippen LogP contribution < -0.4 is 0 Å². The van der Waals surface area contributed by atoms with Crippen LogP contribution in [-0.2, 0) is 17.8 Å². The first kappa shape index (κ1) is 14.7. The van der Waals surface area contributed by atoms with Gasteiger partial charge in [0.25, 0.3) is 0 Å². The van der Waals surface area contributed by atoms with Crippen LogP contribution in [0.2, 0.25) is 0 Å². The average molecular weight is 299 g/mol. The molecule has 0 aliphatic carbocycles. The summed E-state index contributed by atoms with van der Waals surface area (Å²) in [6.07, 6.45) is 9.19. The van der Waals surface area contributed by atoms with Gasteiger partial charge in [0.05, 0.1) is 17.6 Å². The van der Waals surface area contributed by atoms with Crippen molar-refractivity contribution in [3.8, 4) is 11.3 Å². The standard InChI is InChI=1S/C16H21N5O/c1-3-21-11-14(9-19-21)16-15(17-5-6-18-16)8-13-4-7-20(10-13)12(2)22/h5-6,9,11,13H,3-4,7-8,10H2,1-2H3/t13-/m0/s1. The summed E-state index contributed by atoms with van der Waals surface area (Å²) in [4.78, 5) is 22.4. The van der Waals surface area contributed by atoms with E-state index in [1.165, 1.54) is 0 Å². The van der Waals surface area contributed by atoms with Gasteiger partial charge in [0.2, 0.25) is 5.91 Å². The third-order valence-corrected chi connectivity index (χ3v) is 4.22. The normalized spacial score (nSPS) is 17.9. The maximum Gasteiger partial charge on any atom is 0.219 e. The molecule has 22 heavy (non-hydrogen) atoms. The second-order valence-electron chi connectivity index (χ2n) is 5.76. The molecule has 0 unspecified atom stereocenters. The molecule has 1 aliphatic rings. The van der Waals surface area contributed by atoms with Gasteiger partial charge < -0.3 is 4.90 Å². The molecule has 0 bridgehead atoms. The fourth-order valence-electron chi connectivity index (χ4n) is 2.97. The van der Waals surface area contributed by atoms with Crippen molar-refractivity contribution in [2.75, 3.05) is 13.1 Å². The quantitative estimate of drug-likeness (QED) is 0.863. The van der Waals surface area contributed by atoms with Crippen molar-refractivity contribution in [2.45, 2.75) is 33.2 Å². The molecule has 0 aromatic carbocycles. The van der Waals surface area contributed by atoms with Gasteiger partial charge in [-0.15, -0.1) is 0 Å². The van der Waals surface area contributed by atoms with E-state index in [9.17, 15) is 4.79 Å². The van der Waals surface area contributed by atoms with Crippen LogP contribution in [0.25, 0.3) is 11.3 Å². The molecular weight excluding hydrogens is 278 g/mol. The van der Waals surface area contributed by atoms with E-state index < -0.39 is 0 Å². The van der Waals surface area contributed by atoms with Crippen molar-refractivity contribution in [1.82, 2.24) is 24.6 Å². The zero-order valence-electron chi connectivity index (χ0n) is 13.1. The Morgan fingerprint density at radius 2 is 2.18 bits per heavy atom. The lowest BCUT2D eigenvalue weighted by molar-refractivity contribution is -0.127. The van der Waals surface area contributed by atoms with E-state index in [1.807, 2.05) is 22.0 Å². The van der Waals surface area contributed by atoms with Gasteiger partial charge in [-0.2, -0.15) is 5.10 Å². The minimum Gasteiger partial charge on any atom is -0.343 e. The van der Waals surface area contributed by atoms with Crippen LogP contribution in [0.5, 0.6) is 0 Å². The van der Waals surface area contributed by atoms with Crippen molar-refractivity contribution >= 4 is 5.91 Å². The first-order chi connectivity index (χ1) is 10.7. The fourth-order valence-corrected chi connectivity index (χ4v) is 2.97.